The highest BCUT2D eigenvalue weighted by Crippen LogP contribution is 2.12. The second-order valence-electron chi connectivity index (χ2n) is 4.20. The van der Waals surface area contributed by atoms with Crippen LogP contribution in [0, 0.1) is 0 Å². The van der Waals surface area contributed by atoms with Gasteiger partial charge in [0.25, 0.3) is 0 Å². The van der Waals surface area contributed by atoms with Crippen LogP contribution in [0.1, 0.15) is 11.6 Å². The van der Waals surface area contributed by atoms with Gasteiger partial charge in [0.1, 0.15) is 6.04 Å². The van der Waals surface area contributed by atoms with Gasteiger partial charge in [0.15, 0.2) is 0 Å². The molecule has 0 fully saturated rings. The standard InChI is InChI=1S/C14H22N2O3/c1-18-10-8-16(9-11-19-2)14(17)13(15)12-6-4-3-5-7-12/h3-7,13H,8-11,15H2,1-2H3. The summed E-state index contributed by atoms with van der Waals surface area (Å²) in [5, 5.41) is 0. The Balaban J connectivity index is 2.68. The number of benzene rings is 1. The molecule has 1 atom stereocenters. The monoisotopic (exact) mass is 266 g/mol. The van der Waals surface area contributed by atoms with E-state index in [1.807, 2.05) is 30.3 Å². The molecular weight excluding hydrogens is 244 g/mol. The second kappa shape index (κ2) is 8.63. The minimum Gasteiger partial charge on any atom is -0.383 e. The van der Waals surface area contributed by atoms with Crippen LogP contribution in [0.5, 0.6) is 0 Å². The lowest BCUT2D eigenvalue weighted by atomic mass is 10.1. The largest absolute Gasteiger partial charge is 0.383 e. The first-order valence-corrected chi connectivity index (χ1v) is 6.28. The van der Waals surface area contributed by atoms with Gasteiger partial charge in [-0.05, 0) is 5.56 Å². The van der Waals surface area contributed by atoms with Crippen molar-refractivity contribution >= 4 is 5.91 Å². The molecule has 0 saturated carbocycles. The van der Waals surface area contributed by atoms with E-state index in [1.165, 1.54) is 0 Å². The molecule has 0 aromatic heterocycles. The van der Waals surface area contributed by atoms with Gasteiger partial charge in [0.2, 0.25) is 5.91 Å². The van der Waals surface area contributed by atoms with Crippen molar-refractivity contribution in [2.75, 3.05) is 40.5 Å². The lowest BCUT2D eigenvalue weighted by Gasteiger charge is -2.25. The average Bonchev–Trinajstić information content (AvgIpc) is 2.47. The smallest absolute Gasteiger partial charge is 0.244 e. The number of carbonyl (C=O) groups excluding carboxylic acids is 1. The number of carbonyl (C=O) groups is 1. The van der Waals surface area contributed by atoms with Crippen molar-refractivity contribution < 1.29 is 14.3 Å². The predicted molar refractivity (Wildman–Crippen MR) is 73.7 cm³/mol. The van der Waals surface area contributed by atoms with Crippen LogP contribution in [0.2, 0.25) is 0 Å². The Morgan fingerprint density at radius 3 is 2.16 bits per heavy atom. The summed E-state index contributed by atoms with van der Waals surface area (Å²) in [6, 6.07) is 8.71. The zero-order valence-electron chi connectivity index (χ0n) is 11.5. The van der Waals surface area contributed by atoms with Crippen LogP contribution in [0.25, 0.3) is 0 Å². The summed E-state index contributed by atoms with van der Waals surface area (Å²) in [5.74, 6) is -0.111. The molecule has 0 aliphatic heterocycles. The molecule has 0 aliphatic carbocycles. The molecule has 5 nitrogen and oxygen atoms in total. The first-order chi connectivity index (χ1) is 9.20. The third kappa shape index (κ3) is 4.98. The van der Waals surface area contributed by atoms with Crippen molar-refractivity contribution in [3.05, 3.63) is 35.9 Å². The molecule has 2 N–H and O–H groups in total. The first-order valence-electron chi connectivity index (χ1n) is 6.28. The van der Waals surface area contributed by atoms with E-state index in [0.29, 0.717) is 26.3 Å². The Kier molecular flexibility index (Phi) is 7.10. The van der Waals surface area contributed by atoms with E-state index in [1.54, 1.807) is 19.1 Å². The predicted octanol–water partition coefficient (Wildman–Crippen LogP) is 0.808. The molecule has 1 amide bonds. The average molecular weight is 266 g/mol. The van der Waals surface area contributed by atoms with E-state index < -0.39 is 6.04 Å². The lowest BCUT2D eigenvalue weighted by molar-refractivity contribution is -0.134. The van der Waals surface area contributed by atoms with Crippen LogP contribution in [0.3, 0.4) is 0 Å². The Hall–Kier alpha value is -1.43. The van der Waals surface area contributed by atoms with E-state index in [2.05, 4.69) is 0 Å². The number of rotatable bonds is 8. The molecule has 1 rings (SSSR count). The topological polar surface area (TPSA) is 64.8 Å². The highest BCUT2D eigenvalue weighted by atomic mass is 16.5. The van der Waals surface area contributed by atoms with Gasteiger partial charge in [0, 0.05) is 27.3 Å². The van der Waals surface area contributed by atoms with E-state index in [9.17, 15) is 4.79 Å². The summed E-state index contributed by atoms with van der Waals surface area (Å²) < 4.78 is 10.0. The SMILES string of the molecule is COCCN(CCOC)C(=O)C(N)c1ccccc1. The number of nitrogens with two attached hydrogens (primary N) is 1. The Bertz CT molecular complexity index is 362. The van der Waals surface area contributed by atoms with Crippen LogP contribution in [-0.2, 0) is 14.3 Å². The number of hydrogen-bond acceptors (Lipinski definition) is 4. The molecule has 1 aromatic rings. The van der Waals surface area contributed by atoms with E-state index in [0.717, 1.165) is 5.56 Å². The number of amides is 1. The van der Waals surface area contributed by atoms with Crippen LogP contribution in [-0.4, -0.2) is 51.3 Å². The number of hydrogen-bond donors (Lipinski definition) is 1. The molecule has 5 heteroatoms. The van der Waals surface area contributed by atoms with E-state index in [-0.39, 0.29) is 5.91 Å². The maximum absolute atomic E-state index is 12.3. The zero-order chi connectivity index (χ0) is 14.1. The molecule has 0 spiro atoms. The highest BCUT2D eigenvalue weighted by molar-refractivity contribution is 5.83. The molecule has 1 aromatic carbocycles. The molecule has 0 aliphatic rings. The Morgan fingerprint density at radius 1 is 1.16 bits per heavy atom. The first kappa shape index (κ1) is 15.6. The van der Waals surface area contributed by atoms with Gasteiger partial charge in [-0.3, -0.25) is 4.79 Å². The van der Waals surface area contributed by atoms with Gasteiger partial charge < -0.3 is 20.1 Å². The van der Waals surface area contributed by atoms with Crippen molar-refractivity contribution in [1.82, 2.24) is 4.90 Å². The maximum Gasteiger partial charge on any atom is 0.244 e. The number of nitrogens with zero attached hydrogens (tertiary/aromatic N) is 1. The summed E-state index contributed by atoms with van der Waals surface area (Å²) in [7, 11) is 3.21. The Labute approximate surface area is 114 Å². The third-order valence-electron chi connectivity index (χ3n) is 2.87. The van der Waals surface area contributed by atoms with Gasteiger partial charge in [-0.15, -0.1) is 0 Å². The number of ether oxygens (including phenoxy) is 2. The van der Waals surface area contributed by atoms with Crippen molar-refractivity contribution in [3.8, 4) is 0 Å². The maximum atomic E-state index is 12.3. The third-order valence-corrected chi connectivity index (χ3v) is 2.87. The van der Waals surface area contributed by atoms with Gasteiger partial charge >= 0.3 is 0 Å². The molecule has 1 unspecified atom stereocenters. The van der Waals surface area contributed by atoms with Crippen molar-refractivity contribution in [2.24, 2.45) is 5.73 Å². The molecular formula is C14H22N2O3. The van der Waals surface area contributed by atoms with E-state index >= 15 is 0 Å². The fourth-order valence-corrected chi connectivity index (χ4v) is 1.73. The fourth-order valence-electron chi connectivity index (χ4n) is 1.73. The van der Waals surface area contributed by atoms with Crippen LogP contribution in [0.4, 0.5) is 0 Å². The van der Waals surface area contributed by atoms with Gasteiger partial charge in [-0.1, -0.05) is 30.3 Å². The zero-order valence-corrected chi connectivity index (χ0v) is 11.5. The summed E-state index contributed by atoms with van der Waals surface area (Å²) >= 11 is 0. The van der Waals surface area contributed by atoms with Crippen molar-refractivity contribution in [3.63, 3.8) is 0 Å². The Morgan fingerprint density at radius 2 is 1.68 bits per heavy atom. The van der Waals surface area contributed by atoms with Gasteiger partial charge in [0.05, 0.1) is 13.2 Å². The second-order valence-corrected chi connectivity index (χ2v) is 4.20. The quantitative estimate of drug-likeness (QED) is 0.756. The minimum absolute atomic E-state index is 0.111. The van der Waals surface area contributed by atoms with Crippen LogP contribution in [0.15, 0.2) is 30.3 Å². The van der Waals surface area contributed by atoms with Crippen molar-refractivity contribution in [2.45, 2.75) is 6.04 Å². The normalized spacial score (nSPS) is 12.2. The van der Waals surface area contributed by atoms with Crippen molar-refractivity contribution in [1.29, 1.82) is 0 Å². The van der Waals surface area contributed by atoms with Gasteiger partial charge in [-0.25, -0.2) is 0 Å². The van der Waals surface area contributed by atoms with Crippen LogP contribution < -0.4 is 5.73 Å². The minimum atomic E-state index is -0.644. The molecule has 19 heavy (non-hydrogen) atoms. The summed E-state index contributed by atoms with van der Waals surface area (Å²) in [6.45, 7) is 1.99. The summed E-state index contributed by atoms with van der Waals surface area (Å²) in [4.78, 5) is 14.0. The van der Waals surface area contributed by atoms with Crippen LogP contribution >= 0.6 is 0 Å². The highest BCUT2D eigenvalue weighted by Gasteiger charge is 2.21. The lowest BCUT2D eigenvalue weighted by Crippen LogP contribution is -2.42. The molecule has 0 radical (unpaired) electrons. The summed E-state index contributed by atoms with van der Waals surface area (Å²) in [6.07, 6.45) is 0. The van der Waals surface area contributed by atoms with Gasteiger partial charge in [-0.2, -0.15) is 0 Å². The molecule has 0 heterocycles. The fraction of sp³-hybridized carbons (Fsp3) is 0.500. The summed E-state index contributed by atoms with van der Waals surface area (Å²) in [5.41, 5.74) is 6.82. The molecule has 106 valence electrons. The molecule has 0 saturated heterocycles. The number of methoxy groups -OCH3 is 2. The van der Waals surface area contributed by atoms with E-state index in [4.69, 9.17) is 15.2 Å². The molecule has 0 bridgehead atoms.